The Kier molecular flexibility index (Phi) is 6.73. The Balaban J connectivity index is 1.53. The fourth-order valence-corrected chi connectivity index (χ4v) is 4.25. The van der Waals surface area contributed by atoms with Crippen LogP contribution in [0.5, 0.6) is 0 Å². The van der Waals surface area contributed by atoms with Crippen molar-refractivity contribution < 1.29 is 4.79 Å². The molecule has 9 heteroatoms. The molecule has 0 atom stereocenters. The number of nitrogens with one attached hydrogen (secondary N) is 1. The second-order valence-corrected chi connectivity index (χ2v) is 8.92. The molecule has 0 unspecified atom stereocenters. The Hall–Kier alpha value is -2.75. The van der Waals surface area contributed by atoms with Crippen LogP contribution in [0, 0.1) is 0 Å². The topological polar surface area (TPSA) is 72.2 Å². The van der Waals surface area contributed by atoms with Gasteiger partial charge in [0.05, 0.1) is 12.0 Å². The van der Waals surface area contributed by atoms with E-state index in [-0.39, 0.29) is 11.7 Å². The minimum Gasteiger partial charge on any atom is -0.272 e. The van der Waals surface area contributed by atoms with Gasteiger partial charge in [-0.2, -0.15) is 5.10 Å². The maximum atomic E-state index is 12.2. The fraction of sp³-hybridized carbons (Fsp3) is 0.0476. The molecule has 1 amide bonds. The minimum atomic E-state index is -0.208. The maximum Gasteiger partial charge on any atom is 0.250 e. The Labute approximate surface area is 190 Å². The van der Waals surface area contributed by atoms with E-state index in [4.69, 9.17) is 0 Å². The van der Waals surface area contributed by atoms with E-state index in [1.54, 1.807) is 17.6 Å². The average Bonchev–Trinajstić information content (AvgIpc) is 3.43. The lowest BCUT2D eigenvalue weighted by Gasteiger charge is -2.10. The smallest absolute Gasteiger partial charge is 0.250 e. The van der Waals surface area contributed by atoms with Gasteiger partial charge < -0.3 is 0 Å². The molecule has 2 aromatic carbocycles. The number of carbonyl (C=O) groups excluding carboxylic acids is 1. The van der Waals surface area contributed by atoms with E-state index in [1.165, 1.54) is 11.8 Å². The van der Waals surface area contributed by atoms with Crippen molar-refractivity contribution in [3.05, 3.63) is 81.5 Å². The van der Waals surface area contributed by atoms with Crippen molar-refractivity contribution in [2.45, 2.75) is 5.16 Å². The molecule has 0 spiro atoms. The van der Waals surface area contributed by atoms with Crippen LogP contribution in [0.15, 0.2) is 86.8 Å². The Bertz CT molecular complexity index is 1140. The zero-order valence-corrected chi connectivity index (χ0v) is 18.8. The molecule has 0 saturated heterocycles. The molecule has 2 heterocycles. The Morgan fingerprint density at radius 2 is 1.90 bits per heavy atom. The summed E-state index contributed by atoms with van der Waals surface area (Å²) in [6.45, 7) is 0. The molecule has 0 saturated carbocycles. The Morgan fingerprint density at radius 1 is 1.10 bits per heavy atom. The van der Waals surface area contributed by atoms with E-state index < -0.39 is 0 Å². The zero-order valence-electron chi connectivity index (χ0n) is 15.6. The lowest BCUT2D eigenvalue weighted by Crippen LogP contribution is -2.19. The highest BCUT2D eigenvalue weighted by Crippen LogP contribution is 2.28. The van der Waals surface area contributed by atoms with E-state index in [0.717, 1.165) is 20.6 Å². The van der Waals surface area contributed by atoms with Crippen molar-refractivity contribution in [2.24, 2.45) is 5.10 Å². The van der Waals surface area contributed by atoms with Gasteiger partial charge in [0.2, 0.25) is 0 Å². The van der Waals surface area contributed by atoms with Crippen molar-refractivity contribution in [3.63, 3.8) is 0 Å². The van der Waals surface area contributed by atoms with Gasteiger partial charge in [-0.15, -0.1) is 21.5 Å². The van der Waals surface area contributed by atoms with Crippen molar-refractivity contribution in [2.75, 3.05) is 5.75 Å². The van der Waals surface area contributed by atoms with Gasteiger partial charge in [0.1, 0.15) is 0 Å². The second-order valence-electron chi connectivity index (χ2n) is 6.08. The van der Waals surface area contributed by atoms with Crippen LogP contribution >= 0.6 is 39.0 Å². The third-order valence-electron chi connectivity index (χ3n) is 4.01. The number of thiophene rings is 1. The zero-order chi connectivity index (χ0) is 20.8. The summed E-state index contributed by atoms with van der Waals surface area (Å²) < 4.78 is 2.95. The van der Waals surface area contributed by atoms with Gasteiger partial charge >= 0.3 is 0 Å². The maximum absolute atomic E-state index is 12.2. The SMILES string of the molecule is O=C(CSc1nnc(-c2ccc(Br)cc2)n1-c1ccccc1)NN=Cc1cccs1. The van der Waals surface area contributed by atoms with Crippen LogP contribution < -0.4 is 5.43 Å². The van der Waals surface area contributed by atoms with Crippen LogP contribution in [0.25, 0.3) is 17.1 Å². The number of carbonyl (C=O) groups is 1. The van der Waals surface area contributed by atoms with Crippen LogP contribution in [0.4, 0.5) is 0 Å². The summed E-state index contributed by atoms with van der Waals surface area (Å²) in [5.41, 5.74) is 4.41. The molecule has 150 valence electrons. The molecule has 0 aliphatic rings. The van der Waals surface area contributed by atoms with Crippen molar-refractivity contribution in [1.82, 2.24) is 20.2 Å². The van der Waals surface area contributed by atoms with Crippen LogP contribution in [-0.4, -0.2) is 32.6 Å². The molecule has 0 fully saturated rings. The van der Waals surface area contributed by atoms with Gasteiger partial charge in [-0.25, -0.2) is 5.43 Å². The van der Waals surface area contributed by atoms with E-state index in [0.29, 0.717) is 11.0 Å². The number of hydrogen-bond acceptors (Lipinski definition) is 6. The molecule has 4 rings (SSSR count). The summed E-state index contributed by atoms with van der Waals surface area (Å²) in [7, 11) is 0. The van der Waals surface area contributed by atoms with Gasteiger partial charge in [-0.3, -0.25) is 9.36 Å². The van der Waals surface area contributed by atoms with Crippen LogP contribution in [0.1, 0.15) is 4.88 Å². The van der Waals surface area contributed by atoms with Crippen LogP contribution in [-0.2, 0) is 4.79 Å². The van der Waals surface area contributed by atoms with Crippen molar-refractivity contribution >= 4 is 51.2 Å². The lowest BCUT2D eigenvalue weighted by atomic mass is 10.2. The Morgan fingerprint density at radius 3 is 2.63 bits per heavy atom. The number of aromatic nitrogens is 3. The molecule has 2 aromatic heterocycles. The summed E-state index contributed by atoms with van der Waals surface area (Å²) in [5, 5.41) is 15.3. The number of rotatable bonds is 7. The van der Waals surface area contributed by atoms with E-state index in [1.807, 2.05) is 76.7 Å². The number of hydrogen-bond donors (Lipinski definition) is 1. The lowest BCUT2D eigenvalue weighted by molar-refractivity contribution is -0.118. The largest absolute Gasteiger partial charge is 0.272 e. The monoisotopic (exact) mass is 497 g/mol. The van der Waals surface area contributed by atoms with E-state index >= 15 is 0 Å². The molecule has 6 nitrogen and oxygen atoms in total. The fourth-order valence-electron chi connectivity index (χ4n) is 2.65. The predicted molar refractivity (Wildman–Crippen MR) is 125 cm³/mol. The third kappa shape index (κ3) is 5.05. The third-order valence-corrected chi connectivity index (χ3v) is 6.27. The minimum absolute atomic E-state index is 0.174. The van der Waals surface area contributed by atoms with Gasteiger partial charge in [-0.05, 0) is 35.7 Å². The van der Waals surface area contributed by atoms with E-state index in [2.05, 4.69) is 36.7 Å². The molecule has 0 aliphatic heterocycles. The molecule has 0 aliphatic carbocycles. The van der Waals surface area contributed by atoms with Gasteiger partial charge in [0.15, 0.2) is 11.0 Å². The average molecular weight is 498 g/mol. The number of nitrogens with zero attached hydrogens (tertiary/aromatic N) is 4. The number of hydrazone groups is 1. The quantitative estimate of drug-likeness (QED) is 0.221. The highest BCUT2D eigenvalue weighted by atomic mass is 79.9. The summed E-state index contributed by atoms with van der Waals surface area (Å²) >= 11 is 6.33. The molecule has 30 heavy (non-hydrogen) atoms. The first-order chi connectivity index (χ1) is 14.7. The van der Waals surface area contributed by atoms with Crippen LogP contribution in [0.2, 0.25) is 0 Å². The standard InChI is InChI=1S/C21H16BrN5OS2/c22-16-10-8-15(9-11-16)20-25-26-21(27(20)17-5-2-1-3-6-17)30-14-19(28)24-23-13-18-7-4-12-29-18/h1-13H,14H2,(H,24,28). The summed E-state index contributed by atoms with van der Waals surface area (Å²) in [4.78, 5) is 13.2. The molecule has 1 N–H and O–H groups in total. The molecular formula is C21H16BrN5OS2. The number of benzene rings is 2. The predicted octanol–water partition coefficient (Wildman–Crippen LogP) is 5.00. The normalized spacial score (nSPS) is 11.1. The highest BCUT2D eigenvalue weighted by Gasteiger charge is 2.17. The van der Waals surface area contributed by atoms with Gasteiger partial charge in [-0.1, -0.05) is 64.1 Å². The number of para-hydroxylation sites is 1. The summed E-state index contributed by atoms with van der Waals surface area (Å²) in [6, 6.07) is 21.6. The first-order valence-electron chi connectivity index (χ1n) is 8.96. The summed E-state index contributed by atoms with van der Waals surface area (Å²) in [6.07, 6.45) is 1.63. The van der Waals surface area contributed by atoms with Crippen molar-refractivity contribution in [3.8, 4) is 17.1 Å². The molecule has 4 aromatic rings. The number of amides is 1. The van der Waals surface area contributed by atoms with Gasteiger partial charge in [0.25, 0.3) is 5.91 Å². The molecular weight excluding hydrogens is 482 g/mol. The van der Waals surface area contributed by atoms with Crippen LogP contribution in [0.3, 0.4) is 0 Å². The first-order valence-corrected chi connectivity index (χ1v) is 11.6. The number of halogens is 1. The molecule has 0 radical (unpaired) electrons. The van der Waals surface area contributed by atoms with Crippen molar-refractivity contribution in [1.29, 1.82) is 0 Å². The molecule has 0 bridgehead atoms. The van der Waals surface area contributed by atoms with Gasteiger partial charge in [0, 0.05) is 20.6 Å². The first kappa shape index (κ1) is 20.5. The van der Waals surface area contributed by atoms with E-state index in [9.17, 15) is 4.79 Å². The number of thioether (sulfide) groups is 1. The second kappa shape index (κ2) is 9.84. The highest BCUT2D eigenvalue weighted by molar-refractivity contribution is 9.10. The summed E-state index contributed by atoms with van der Waals surface area (Å²) in [5.74, 6) is 0.681.